The van der Waals surface area contributed by atoms with Gasteiger partial charge in [-0.15, -0.1) is 0 Å². The lowest BCUT2D eigenvalue weighted by atomic mass is 9.86. The van der Waals surface area contributed by atoms with Crippen LogP contribution in [0, 0.1) is 0 Å². The second-order valence-corrected chi connectivity index (χ2v) is 10.3. The van der Waals surface area contributed by atoms with Gasteiger partial charge in [0.05, 0.1) is 5.69 Å². The molecule has 0 N–H and O–H groups in total. The van der Waals surface area contributed by atoms with Gasteiger partial charge in [-0.2, -0.15) is 0 Å². The molecular weight excluding hydrogens is 436 g/mol. The third-order valence-corrected chi connectivity index (χ3v) is 6.75. The van der Waals surface area contributed by atoms with Crippen molar-refractivity contribution in [1.29, 1.82) is 0 Å². The standard InChI is InChI=1S/C32H38N2.C2H6/c1-8-24-16-26(21(2)3)18-27(17-24)28-19-29(22(4)5)31(30(20-28)23(6)7)34-15-14-33-32(34)25-12-10-9-11-13-25;1-2/h9-23H,8H2,1-7H3;1-2H3. The highest BCUT2D eigenvalue weighted by molar-refractivity contribution is 5.72. The second kappa shape index (κ2) is 12.2. The number of aryl methyl sites for hydroxylation is 1. The van der Waals surface area contributed by atoms with Crippen LogP contribution in [-0.4, -0.2) is 9.55 Å². The van der Waals surface area contributed by atoms with Crippen LogP contribution in [0.2, 0.25) is 0 Å². The van der Waals surface area contributed by atoms with Gasteiger partial charge in [0.15, 0.2) is 0 Å². The van der Waals surface area contributed by atoms with Gasteiger partial charge < -0.3 is 0 Å². The average Bonchev–Trinajstić information content (AvgIpc) is 3.38. The molecule has 1 aromatic heterocycles. The Kier molecular flexibility index (Phi) is 9.31. The lowest BCUT2D eigenvalue weighted by molar-refractivity contribution is 0.807. The molecule has 0 atom stereocenters. The molecule has 0 spiro atoms. The first-order valence-corrected chi connectivity index (χ1v) is 13.7. The summed E-state index contributed by atoms with van der Waals surface area (Å²) in [5.41, 5.74) is 10.6. The molecule has 0 bridgehead atoms. The summed E-state index contributed by atoms with van der Waals surface area (Å²) in [6, 6.07) is 22.5. The van der Waals surface area contributed by atoms with Crippen molar-refractivity contribution in [2.45, 2.75) is 86.5 Å². The van der Waals surface area contributed by atoms with Crippen LogP contribution in [-0.2, 0) is 6.42 Å². The maximum Gasteiger partial charge on any atom is 0.144 e. The van der Waals surface area contributed by atoms with E-state index in [1.54, 1.807) is 0 Å². The molecule has 0 fully saturated rings. The SMILES string of the molecule is CC.CCc1cc(-c2cc(C(C)C)c(-n3ccnc3-c3ccccc3)c(C(C)C)c2)cc(C(C)C)c1. The zero-order valence-electron chi connectivity index (χ0n) is 23.8. The molecular formula is C34H44N2. The smallest absolute Gasteiger partial charge is 0.144 e. The van der Waals surface area contributed by atoms with E-state index in [2.05, 4.69) is 120 Å². The largest absolute Gasteiger partial charge is 0.299 e. The molecule has 2 nitrogen and oxygen atoms in total. The molecule has 0 saturated heterocycles. The molecule has 0 radical (unpaired) electrons. The first-order valence-electron chi connectivity index (χ1n) is 13.7. The minimum Gasteiger partial charge on any atom is -0.299 e. The number of rotatable bonds is 7. The fraction of sp³-hybridized carbons (Fsp3) is 0.382. The van der Waals surface area contributed by atoms with Crippen LogP contribution in [0.25, 0.3) is 28.2 Å². The van der Waals surface area contributed by atoms with Crippen LogP contribution in [0.15, 0.2) is 73.1 Å². The number of nitrogens with zero attached hydrogens (tertiary/aromatic N) is 2. The van der Waals surface area contributed by atoms with E-state index in [4.69, 9.17) is 4.98 Å². The summed E-state index contributed by atoms with van der Waals surface area (Å²) >= 11 is 0. The number of hydrogen-bond acceptors (Lipinski definition) is 1. The number of benzene rings is 3. The van der Waals surface area contributed by atoms with Crippen molar-refractivity contribution in [3.05, 3.63) is 95.3 Å². The van der Waals surface area contributed by atoms with Crippen molar-refractivity contribution in [2.75, 3.05) is 0 Å². The van der Waals surface area contributed by atoms with Crippen molar-refractivity contribution in [3.8, 4) is 28.2 Å². The van der Waals surface area contributed by atoms with Gasteiger partial charge in [0.25, 0.3) is 0 Å². The van der Waals surface area contributed by atoms with E-state index < -0.39 is 0 Å². The minimum atomic E-state index is 0.386. The van der Waals surface area contributed by atoms with E-state index >= 15 is 0 Å². The lowest BCUT2D eigenvalue weighted by Gasteiger charge is -2.24. The fourth-order valence-electron chi connectivity index (χ4n) is 4.71. The molecule has 0 amide bonds. The Balaban J connectivity index is 0.00000176. The summed E-state index contributed by atoms with van der Waals surface area (Å²) in [6.45, 7) is 20.0. The summed E-state index contributed by atoms with van der Waals surface area (Å²) in [7, 11) is 0. The van der Waals surface area contributed by atoms with Gasteiger partial charge in [-0.05, 0) is 69.7 Å². The van der Waals surface area contributed by atoms with E-state index in [0.29, 0.717) is 17.8 Å². The predicted molar refractivity (Wildman–Crippen MR) is 157 cm³/mol. The highest BCUT2D eigenvalue weighted by atomic mass is 15.1. The maximum absolute atomic E-state index is 4.76. The summed E-state index contributed by atoms with van der Waals surface area (Å²) in [5.74, 6) is 2.28. The number of aromatic nitrogens is 2. The number of hydrogen-bond donors (Lipinski definition) is 0. The van der Waals surface area contributed by atoms with Crippen molar-refractivity contribution >= 4 is 0 Å². The van der Waals surface area contributed by atoms with Gasteiger partial charge in [-0.25, -0.2) is 4.98 Å². The van der Waals surface area contributed by atoms with Crippen LogP contribution in [0.3, 0.4) is 0 Å². The quantitative estimate of drug-likeness (QED) is 0.257. The second-order valence-electron chi connectivity index (χ2n) is 10.3. The average molecular weight is 481 g/mol. The maximum atomic E-state index is 4.76. The molecule has 0 unspecified atom stereocenters. The molecule has 0 aliphatic carbocycles. The molecule has 3 aromatic carbocycles. The van der Waals surface area contributed by atoms with Gasteiger partial charge in [0.2, 0.25) is 0 Å². The monoisotopic (exact) mass is 480 g/mol. The topological polar surface area (TPSA) is 17.8 Å². The normalized spacial score (nSPS) is 11.2. The van der Waals surface area contributed by atoms with Gasteiger partial charge >= 0.3 is 0 Å². The predicted octanol–water partition coefficient (Wildman–Crippen LogP) is 10.2. The van der Waals surface area contributed by atoms with Crippen molar-refractivity contribution in [2.24, 2.45) is 0 Å². The molecule has 4 aromatic rings. The van der Waals surface area contributed by atoms with Gasteiger partial charge in [-0.1, -0.05) is 111 Å². The molecule has 2 heteroatoms. The molecule has 190 valence electrons. The first-order chi connectivity index (χ1) is 17.3. The highest BCUT2D eigenvalue weighted by Gasteiger charge is 2.21. The van der Waals surface area contributed by atoms with Crippen LogP contribution >= 0.6 is 0 Å². The van der Waals surface area contributed by atoms with Crippen molar-refractivity contribution < 1.29 is 0 Å². The van der Waals surface area contributed by atoms with E-state index in [9.17, 15) is 0 Å². The molecule has 4 rings (SSSR count). The lowest BCUT2D eigenvalue weighted by Crippen LogP contribution is -2.09. The summed E-state index contributed by atoms with van der Waals surface area (Å²) in [6.07, 6.45) is 5.09. The van der Waals surface area contributed by atoms with Crippen molar-refractivity contribution in [1.82, 2.24) is 9.55 Å². The summed E-state index contributed by atoms with van der Waals surface area (Å²) < 4.78 is 2.30. The fourth-order valence-corrected chi connectivity index (χ4v) is 4.71. The molecule has 1 heterocycles. The minimum absolute atomic E-state index is 0.386. The van der Waals surface area contributed by atoms with Crippen LogP contribution < -0.4 is 0 Å². The Bertz CT molecular complexity index is 1230. The van der Waals surface area contributed by atoms with Crippen LogP contribution in [0.5, 0.6) is 0 Å². The summed E-state index contributed by atoms with van der Waals surface area (Å²) in [4.78, 5) is 4.76. The third-order valence-electron chi connectivity index (χ3n) is 6.75. The zero-order chi connectivity index (χ0) is 26.4. The van der Waals surface area contributed by atoms with E-state index in [-0.39, 0.29) is 0 Å². The van der Waals surface area contributed by atoms with Gasteiger partial charge in [0.1, 0.15) is 5.82 Å². The van der Waals surface area contributed by atoms with E-state index in [1.165, 1.54) is 39.1 Å². The third kappa shape index (κ3) is 5.81. The van der Waals surface area contributed by atoms with Gasteiger partial charge in [0, 0.05) is 18.0 Å². The Morgan fingerprint density at radius 1 is 0.694 bits per heavy atom. The summed E-state index contributed by atoms with van der Waals surface area (Å²) in [5, 5.41) is 0. The zero-order valence-corrected chi connectivity index (χ0v) is 23.8. The molecule has 36 heavy (non-hydrogen) atoms. The molecule has 0 aliphatic rings. The Hall–Kier alpha value is -3.13. The van der Waals surface area contributed by atoms with Gasteiger partial charge in [-0.3, -0.25) is 4.57 Å². The Morgan fingerprint density at radius 2 is 1.28 bits per heavy atom. The Morgan fingerprint density at radius 3 is 1.81 bits per heavy atom. The van der Waals surface area contributed by atoms with Crippen LogP contribution in [0.4, 0.5) is 0 Å². The van der Waals surface area contributed by atoms with E-state index in [0.717, 1.165) is 17.8 Å². The first kappa shape index (κ1) is 27.5. The Labute approximate surface area is 219 Å². The highest BCUT2D eigenvalue weighted by Crippen LogP contribution is 2.38. The van der Waals surface area contributed by atoms with Crippen molar-refractivity contribution in [3.63, 3.8) is 0 Å². The number of imidazole rings is 1. The molecule has 0 saturated carbocycles. The molecule has 0 aliphatic heterocycles. The van der Waals surface area contributed by atoms with Crippen LogP contribution in [0.1, 0.15) is 102 Å². The van der Waals surface area contributed by atoms with E-state index in [1.807, 2.05) is 20.0 Å².